The molecule has 0 aliphatic heterocycles. The number of likely N-dealkylation sites (N-methyl/N-ethyl adjacent to an activating group) is 2. The molecule has 0 fully saturated rings. The lowest BCUT2D eigenvalue weighted by atomic mass is 10.0. The number of nitrogens with zero attached hydrogens (tertiary/aromatic N) is 1. The molecule has 0 aliphatic carbocycles. The third kappa shape index (κ3) is 6.54. The SMILES string of the molecule is CNCCN(C)C(=O)C(NC(=O)c1ccc(F)cc1)C(C)C.Cl. The van der Waals surface area contributed by atoms with Crippen LogP contribution in [0.2, 0.25) is 0 Å². The molecule has 1 aromatic rings. The van der Waals surface area contributed by atoms with Gasteiger partial charge >= 0.3 is 0 Å². The van der Waals surface area contributed by atoms with Gasteiger partial charge in [0, 0.05) is 25.7 Å². The molecule has 1 atom stereocenters. The zero-order chi connectivity index (χ0) is 16.7. The average Bonchev–Trinajstić information content (AvgIpc) is 2.49. The van der Waals surface area contributed by atoms with Gasteiger partial charge in [0.25, 0.3) is 5.91 Å². The van der Waals surface area contributed by atoms with Crippen molar-refractivity contribution in [3.63, 3.8) is 0 Å². The summed E-state index contributed by atoms with van der Waals surface area (Å²) in [5, 5.41) is 5.71. The first-order chi connectivity index (χ1) is 10.4. The minimum Gasteiger partial charge on any atom is -0.343 e. The molecule has 1 rings (SSSR count). The van der Waals surface area contributed by atoms with Gasteiger partial charge in [-0.1, -0.05) is 13.8 Å². The molecule has 5 nitrogen and oxygen atoms in total. The molecule has 1 unspecified atom stereocenters. The Balaban J connectivity index is 0.00000484. The number of benzene rings is 1. The highest BCUT2D eigenvalue weighted by atomic mass is 35.5. The van der Waals surface area contributed by atoms with Gasteiger partial charge in [0.1, 0.15) is 11.9 Å². The molecule has 0 saturated carbocycles. The van der Waals surface area contributed by atoms with E-state index in [-0.39, 0.29) is 30.1 Å². The zero-order valence-electron chi connectivity index (χ0n) is 13.9. The Kier molecular flexibility index (Phi) is 9.44. The van der Waals surface area contributed by atoms with Crippen LogP contribution in [0.1, 0.15) is 24.2 Å². The lowest BCUT2D eigenvalue weighted by molar-refractivity contribution is -0.132. The third-order valence-corrected chi connectivity index (χ3v) is 3.40. The number of carbonyl (C=O) groups is 2. The molecule has 2 amide bonds. The van der Waals surface area contributed by atoms with Crippen LogP contribution in [0.5, 0.6) is 0 Å². The first-order valence-corrected chi connectivity index (χ1v) is 7.32. The van der Waals surface area contributed by atoms with E-state index in [1.54, 1.807) is 11.9 Å². The largest absolute Gasteiger partial charge is 0.343 e. The molecule has 130 valence electrons. The Labute approximate surface area is 143 Å². The van der Waals surface area contributed by atoms with E-state index in [0.717, 1.165) is 0 Å². The topological polar surface area (TPSA) is 61.4 Å². The Bertz CT molecular complexity index is 509. The average molecular weight is 346 g/mol. The first-order valence-electron chi connectivity index (χ1n) is 7.32. The van der Waals surface area contributed by atoms with Crippen molar-refractivity contribution in [1.82, 2.24) is 15.5 Å². The molecular formula is C16H25ClFN3O2. The van der Waals surface area contributed by atoms with Crippen molar-refractivity contribution < 1.29 is 14.0 Å². The van der Waals surface area contributed by atoms with E-state index in [1.807, 2.05) is 20.9 Å². The van der Waals surface area contributed by atoms with Crippen molar-refractivity contribution in [3.8, 4) is 0 Å². The van der Waals surface area contributed by atoms with Crippen LogP contribution in [-0.4, -0.2) is 49.9 Å². The fraction of sp³-hybridized carbons (Fsp3) is 0.500. The molecule has 0 aliphatic rings. The summed E-state index contributed by atoms with van der Waals surface area (Å²) < 4.78 is 12.9. The van der Waals surface area contributed by atoms with Crippen molar-refractivity contribution in [1.29, 1.82) is 0 Å². The van der Waals surface area contributed by atoms with E-state index >= 15 is 0 Å². The molecular weight excluding hydrogens is 321 g/mol. The Hall–Kier alpha value is -1.66. The maximum atomic E-state index is 12.9. The summed E-state index contributed by atoms with van der Waals surface area (Å²) in [6, 6.07) is 4.63. The van der Waals surface area contributed by atoms with Gasteiger partial charge in [-0.3, -0.25) is 9.59 Å². The summed E-state index contributed by atoms with van der Waals surface area (Å²) >= 11 is 0. The summed E-state index contributed by atoms with van der Waals surface area (Å²) in [4.78, 5) is 26.2. The molecule has 7 heteroatoms. The maximum Gasteiger partial charge on any atom is 0.251 e. The van der Waals surface area contributed by atoms with Crippen molar-refractivity contribution >= 4 is 24.2 Å². The maximum absolute atomic E-state index is 12.9. The van der Waals surface area contributed by atoms with E-state index in [9.17, 15) is 14.0 Å². The predicted molar refractivity (Wildman–Crippen MR) is 91.3 cm³/mol. The van der Waals surface area contributed by atoms with Crippen LogP contribution >= 0.6 is 12.4 Å². The zero-order valence-corrected chi connectivity index (χ0v) is 14.7. The summed E-state index contributed by atoms with van der Waals surface area (Å²) in [5.74, 6) is -0.969. The van der Waals surface area contributed by atoms with Crippen molar-refractivity contribution in [2.45, 2.75) is 19.9 Å². The number of carbonyl (C=O) groups excluding carboxylic acids is 2. The molecule has 0 heterocycles. The Morgan fingerprint density at radius 3 is 2.26 bits per heavy atom. The highest BCUT2D eigenvalue weighted by Gasteiger charge is 2.27. The van der Waals surface area contributed by atoms with Crippen LogP contribution in [-0.2, 0) is 4.79 Å². The van der Waals surface area contributed by atoms with Gasteiger partial charge in [-0.25, -0.2) is 4.39 Å². The van der Waals surface area contributed by atoms with Crippen LogP contribution in [0.3, 0.4) is 0 Å². The van der Waals surface area contributed by atoms with Crippen LogP contribution in [0.15, 0.2) is 24.3 Å². The van der Waals surface area contributed by atoms with Gasteiger partial charge in [-0.2, -0.15) is 0 Å². The molecule has 1 aromatic carbocycles. The van der Waals surface area contributed by atoms with Crippen LogP contribution in [0.4, 0.5) is 4.39 Å². The second kappa shape index (κ2) is 10.2. The molecule has 0 saturated heterocycles. The van der Waals surface area contributed by atoms with Crippen LogP contribution < -0.4 is 10.6 Å². The van der Waals surface area contributed by atoms with Crippen LogP contribution in [0.25, 0.3) is 0 Å². The first kappa shape index (κ1) is 21.3. The highest BCUT2D eigenvalue weighted by molar-refractivity contribution is 5.97. The number of hydrogen-bond acceptors (Lipinski definition) is 3. The van der Waals surface area contributed by atoms with Crippen molar-refractivity contribution in [3.05, 3.63) is 35.6 Å². The normalized spacial score (nSPS) is 11.6. The van der Waals surface area contributed by atoms with Crippen molar-refractivity contribution in [2.24, 2.45) is 5.92 Å². The lowest BCUT2D eigenvalue weighted by Crippen LogP contribution is -2.51. The number of amides is 2. The van der Waals surface area contributed by atoms with E-state index in [1.165, 1.54) is 24.3 Å². The van der Waals surface area contributed by atoms with Gasteiger partial charge in [-0.05, 0) is 37.2 Å². The summed E-state index contributed by atoms with van der Waals surface area (Å²) in [6.07, 6.45) is 0. The smallest absolute Gasteiger partial charge is 0.251 e. The number of halogens is 2. The van der Waals surface area contributed by atoms with E-state index < -0.39 is 11.9 Å². The fourth-order valence-corrected chi connectivity index (χ4v) is 1.97. The number of nitrogens with one attached hydrogen (secondary N) is 2. The van der Waals surface area contributed by atoms with Gasteiger partial charge < -0.3 is 15.5 Å². The van der Waals surface area contributed by atoms with E-state index in [0.29, 0.717) is 18.7 Å². The molecule has 2 N–H and O–H groups in total. The molecule has 0 aromatic heterocycles. The van der Waals surface area contributed by atoms with Crippen LogP contribution in [0, 0.1) is 11.7 Å². The summed E-state index contributed by atoms with van der Waals surface area (Å²) in [5.41, 5.74) is 0.331. The third-order valence-electron chi connectivity index (χ3n) is 3.40. The molecule has 0 radical (unpaired) electrons. The summed E-state index contributed by atoms with van der Waals surface area (Å²) in [6.45, 7) is 4.99. The highest BCUT2D eigenvalue weighted by Crippen LogP contribution is 2.08. The fourth-order valence-electron chi connectivity index (χ4n) is 1.97. The Morgan fingerprint density at radius 1 is 1.22 bits per heavy atom. The predicted octanol–water partition coefficient (Wildman–Crippen LogP) is 1.68. The molecule has 0 spiro atoms. The van der Waals surface area contributed by atoms with Gasteiger partial charge in [0.05, 0.1) is 0 Å². The quantitative estimate of drug-likeness (QED) is 0.790. The van der Waals surface area contributed by atoms with Crippen molar-refractivity contribution in [2.75, 3.05) is 27.2 Å². The molecule has 0 bridgehead atoms. The van der Waals surface area contributed by atoms with Gasteiger partial charge in [-0.15, -0.1) is 12.4 Å². The second-order valence-corrected chi connectivity index (χ2v) is 5.57. The lowest BCUT2D eigenvalue weighted by Gasteiger charge is -2.27. The Morgan fingerprint density at radius 2 is 1.78 bits per heavy atom. The van der Waals surface area contributed by atoms with E-state index in [2.05, 4.69) is 10.6 Å². The number of hydrogen-bond donors (Lipinski definition) is 2. The monoisotopic (exact) mass is 345 g/mol. The minimum atomic E-state index is -0.612. The summed E-state index contributed by atoms with van der Waals surface area (Å²) in [7, 11) is 3.52. The second-order valence-electron chi connectivity index (χ2n) is 5.57. The minimum absolute atomic E-state index is 0. The molecule has 23 heavy (non-hydrogen) atoms. The number of rotatable bonds is 7. The van der Waals surface area contributed by atoms with Gasteiger partial charge in [0.2, 0.25) is 5.91 Å². The van der Waals surface area contributed by atoms with E-state index in [4.69, 9.17) is 0 Å². The standard InChI is InChI=1S/C16H24FN3O2.ClH/c1-11(2)14(16(22)20(4)10-9-18-3)19-15(21)12-5-7-13(17)8-6-12;/h5-8,11,14,18H,9-10H2,1-4H3,(H,19,21);1H. The van der Waals surface area contributed by atoms with Gasteiger partial charge in [0.15, 0.2) is 0 Å².